The molecule has 5 heteroatoms. The summed E-state index contributed by atoms with van der Waals surface area (Å²) in [5, 5.41) is 10.9. The van der Waals surface area contributed by atoms with E-state index in [1.165, 1.54) is 6.07 Å². The summed E-state index contributed by atoms with van der Waals surface area (Å²) in [6.07, 6.45) is 3.46. The van der Waals surface area contributed by atoms with Crippen LogP contribution in [0.1, 0.15) is 12.5 Å². The van der Waals surface area contributed by atoms with Crippen LogP contribution in [0.2, 0.25) is 0 Å². The molecule has 1 aromatic rings. The molecule has 1 aromatic carbocycles. The van der Waals surface area contributed by atoms with Crippen molar-refractivity contribution in [3.63, 3.8) is 0 Å². The van der Waals surface area contributed by atoms with Gasteiger partial charge in [-0.2, -0.15) is 0 Å². The van der Waals surface area contributed by atoms with Crippen LogP contribution in [0, 0.1) is 10.1 Å². The van der Waals surface area contributed by atoms with Crippen LogP contribution < -0.4 is 4.74 Å². The first-order valence-electron chi connectivity index (χ1n) is 5.30. The van der Waals surface area contributed by atoms with Crippen molar-refractivity contribution in [3.05, 3.63) is 40.1 Å². The average molecular weight is 236 g/mol. The van der Waals surface area contributed by atoms with Gasteiger partial charge in [0.15, 0.2) is 0 Å². The monoisotopic (exact) mass is 236 g/mol. The highest BCUT2D eigenvalue weighted by molar-refractivity contribution is 5.62. The van der Waals surface area contributed by atoms with Gasteiger partial charge >= 0.3 is 0 Å². The number of rotatable bonds is 5. The van der Waals surface area contributed by atoms with E-state index in [2.05, 4.69) is 0 Å². The van der Waals surface area contributed by atoms with E-state index in [1.54, 1.807) is 24.4 Å². The molecule has 0 N–H and O–H groups in total. The molecule has 17 heavy (non-hydrogen) atoms. The van der Waals surface area contributed by atoms with E-state index in [-0.39, 0.29) is 5.69 Å². The summed E-state index contributed by atoms with van der Waals surface area (Å²) in [6.45, 7) is 2.41. The van der Waals surface area contributed by atoms with Crippen molar-refractivity contribution in [3.8, 4) is 5.75 Å². The zero-order valence-corrected chi connectivity index (χ0v) is 10.2. The normalized spacial score (nSPS) is 10.5. The van der Waals surface area contributed by atoms with Crippen molar-refractivity contribution in [1.82, 2.24) is 4.90 Å². The van der Waals surface area contributed by atoms with Gasteiger partial charge in [0.05, 0.1) is 17.1 Å². The zero-order valence-electron chi connectivity index (χ0n) is 10.2. The first-order chi connectivity index (χ1) is 8.04. The molecule has 0 aliphatic heterocycles. The number of nitro benzene ring substituents is 1. The third-order valence-corrected chi connectivity index (χ3v) is 2.06. The Balaban J connectivity index is 3.11. The Morgan fingerprint density at radius 2 is 2.18 bits per heavy atom. The van der Waals surface area contributed by atoms with E-state index in [1.807, 2.05) is 25.9 Å². The molecule has 0 atom stereocenters. The molecule has 0 aliphatic carbocycles. The van der Waals surface area contributed by atoms with Crippen molar-refractivity contribution >= 4 is 11.8 Å². The lowest BCUT2D eigenvalue weighted by molar-refractivity contribution is -0.385. The van der Waals surface area contributed by atoms with Gasteiger partial charge in [-0.05, 0) is 31.3 Å². The summed E-state index contributed by atoms with van der Waals surface area (Å²) in [4.78, 5) is 12.3. The second kappa shape index (κ2) is 5.89. The fourth-order valence-electron chi connectivity index (χ4n) is 1.32. The van der Waals surface area contributed by atoms with Gasteiger partial charge in [0.1, 0.15) is 5.75 Å². The Kier molecular flexibility index (Phi) is 4.51. The molecule has 0 amide bonds. The van der Waals surface area contributed by atoms with E-state index in [4.69, 9.17) is 4.74 Å². The summed E-state index contributed by atoms with van der Waals surface area (Å²) < 4.78 is 5.32. The minimum Gasteiger partial charge on any atom is -0.494 e. The average Bonchev–Trinajstić information content (AvgIpc) is 2.26. The van der Waals surface area contributed by atoms with Gasteiger partial charge in [-0.3, -0.25) is 10.1 Å². The number of nitro groups is 1. The SMILES string of the molecule is CCOc1ccc([N+](=O)[O-])c(/C=C/N(C)C)c1. The number of hydrogen-bond donors (Lipinski definition) is 0. The van der Waals surface area contributed by atoms with Gasteiger partial charge in [-0.1, -0.05) is 0 Å². The van der Waals surface area contributed by atoms with E-state index >= 15 is 0 Å². The van der Waals surface area contributed by atoms with Gasteiger partial charge in [0.2, 0.25) is 0 Å². The second-order valence-electron chi connectivity index (χ2n) is 3.69. The quantitative estimate of drug-likeness (QED) is 0.582. The molecular weight excluding hydrogens is 220 g/mol. The fourth-order valence-corrected chi connectivity index (χ4v) is 1.32. The van der Waals surface area contributed by atoms with Crippen molar-refractivity contribution in [2.24, 2.45) is 0 Å². The third kappa shape index (κ3) is 3.79. The predicted octanol–water partition coefficient (Wildman–Crippen LogP) is 2.53. The Morgan fingerprint density at radius 1 is 1.47 bits per heavy atom. The van der Waals surface area contributed by atoms with Crippen LogP contribution in [-0.2, 0) is 0 Å². The predicted molar refractivity (Wildman–Crippen MR) is 67.0 cm³/mol. The lowest BCUT2D eigenvalue weighted by atomic mass is 10.1. The molecule has 1 rings (SSSR count). The molecule has 0 radical (unpaired) electrons. The fraction of sp³-hybridized carbons (Fsp3) is 0.333. The molecule has 92 valence electrons. The Hall–Kier alpha value is -2.04. The van der Waals surface area contributed by atoms with Crippen molar-refractivity contribution in [1.29, 1.82) is 0 Å². The van der Waals surface area contributed by atoms with Gasteiger partial charge in [-0.25, -0.2) is 0 Å². The van der Waals surface area contributed by atoms with Crippen molar-refractivity contribution in [2.75, 3.05) is 20.7 Å². The molecule has 0 saturated heterocycles. The van der Waals surface area contributed by atoms with Crippen molar-refractivity contribution < 1.29 is 9.66 Å². The molecule has 0 aliphatic rings. The first-order valence-corrected chi connectivity index (χ1v) is 5.30. The smallest absolute Gasteiger partial charge is 0.276 e. The summed E-state index contributed by atoms with van der Waals surface area (Å²) in [5.41, 5.74) is 0.612. The first kappa shape index (κ1) is 13.0. The molecule has 0 spiro atoms. The molecule has 0 unspecified atom stereocenters. The maximum Gasteiger partial charge on any atom is 0.276 e. The van der Waals surface area contributed by atoms with E-state index in [0.29, 0.717) is 17.9 Å². The molecule has 0 saturated carbocycles. The zero-order chi connectivity index (χ0) is 12.8. The summed E-state index contributed by atoms with van der Waals surface area (Å²) in [6, 6.07) is 4.73. The Labute approximate surface area is 100 Å². The number of benzene rings is 1. The van der Waals surface area contributed by atoms with Crippen LogP contribution in [-0.4, -0.2) is 30.5 Å². The van der Waals surface area contributed by atoms with Gasteiger partial charge < -0.3 is 9.64 Å². The molecule has 5 nitrogen and oxygen atoms in total. The van der Waals surface area contributed by atoms with Crippen molar-refractivity contribution in [2.45, 2.75) is 6.92 Å². The van der Waals surface area contributed by atoms with Gasteiger partial charge in [-0.15, -0.1) is 0 Å². The maximum absolute atomic E-state index is 10.9. The van der Waals surface area contributed by atoms with Crippen LogP contribution in [0.15, 0.2) is 24.4 Å². The summed E-state index contributed by atoms with van der Waals surface area (Å²) in [7, 11) is 3.71. The van der Waals surface area contributed by atoms with Crippen LogP contribution in [0.5, 0.6) is 5.75 Å². The largest absolute Gasteiger partial charge is 0.494 e. The molecule has 0 fully saturated rings. The maximum atomic E-state index is 10.9. The van der Waals surface area contributed by atoms with Gasteiger partial charge in [0, 0.05) is 20.2 Å². The van der Waals surface area contributed by atoms with Crippen LogP contribution in [0.3, 0.4) is 0 Å². The van der Waals surface area contributed by atoms with E-state index in [0.717, 1.165) is 0 Å². The minimum absolute atomic E-state index is 0.0755. The van der Waals surface area contributed by atoms with Gasteiger partial charge in [0.25, 0.3) is 5.69 Å². The highest BCUT2D eigenvalue weighted by Gasteiger charge is 2.12. The minimum atomic E-state index is -0.398. The van der Waals surface area contributed by atoms with E-state index < -0.39 is 4.92 Å². The molecular formula is C12H16N2O3. The number of ether oxygens (including phenoxy) is 1. The lowest BCUT2D eigenvalue weighted by Crippen LogP contribution is -2.00. The molecule has 0 aromatic heterocycles. The number of nitrogens with zero attached hydrogens (tertiary/aromatic N) is 2. The lowest BCUT2D eigenvalue weighted by Gasteiger charge is -2.06. The second-order valence-corrected chi connectivity index (χ2v) is 3.69. The summed E-state index contributed by atoms with van der Waals surface area (Å²) >= 11 is 0. The molecule has 0 bridgehead atoms. The molecule has 0 heterocycles. The number of hydrogen-bond acceptors (Lipinski definition) is 4. The third-order valence-electron chi connectivity index (χ3n) is 2.06. The Morgan fingerprint density at radius 3 is 2.71 bits per heavy atom. The standard InChI is InChI=1S/C12H16N2O3/c1-4-17-11-5-6-12(14(15)16)10(9-11)7-8-13(2)3/h5-9H,4H2,1-3H3/b8-7+. The Bertz CT molecular complexity index is 428. The van der Waals surface area contributed by atoms with E-state index in [9.17, 15) is 10.1 Å². The summed E-state index contributed by atoms with van der Waals surface area (Å²) in [5.74, 6) is 0.636. The highest BCUT2D eigenvalue weighted by atomic mass is 16.6. The van der Waals surface area contributed by atoms with Crippen LogP contribution >= 0.6 is 0 Å². The van der Waals surface area contributed by atoms with Crippen LogP contribution in [0.4, 0.5) is 5.69 Å². The highest BCUT2D eigenvalue weighted by Crippen LogP contribution is 2.25. The van der Waals surface area contributed by atoms with Crippen LogP contribution in [0.25, 0.3) is 6.08 Å². The topological polar surface area (TPSA) is 55.6 Å².